The van der Waals surface area contributed by atoms with E-state index in [-0.39, 0.29) is 28.1 Å². The van der Waals surface area contributed by atoms with Crippen molar-refractivity contribution in [1.29, 1.82) is 0 Å². The van der Waals surface area contributed by atoms with E-state index < -0.39 is 0 Å². The zero-order chi connectivity index (χ0) is 18.6. The lowest BCUT2D eigenvalue weighted by Crippen LogP contribution is -2.52. The van der Waals surface area contributed by atoms with Gasteiger partial charge in [-0.1, -0.05) is 47.1 Å². The fraction of sp³-hybridized carbons (Fsp3) is 0.682. The summed E-state index contributed by atoms with van der Waals surface area (Å²) in [6.45, 7) is 11.6. The number of ketones is 1. The van der Waals surface area contributed by atoms with Crippen molar-refractivity contribution in [2.75, 3.05) is 14.2 Å². The van der Waals surface area contributed by atoms with E-state index in [0.717, 1.165) is 12.0 Å². The summed E-state index contributed by atoms with van der Waals surface area (Å²) in [5, 5.41) is 0. The largest absolute Gasteiger partial charge is 0.493 e. The molecule has 3 rings (SSSR count). The number of ether oxygens (including phenoxy) is 2. The minimum Gasteiger partial charge on any atom is -0.493 e. The first-order valence-electron chi connectivity index (χ1n) is 9.39. The first-order chi connectivity index (χ1) is 11.6. The van der Waals surface area contributed by atoms with Crippen molar-refractivity contribution in [2.45, 2.75) is 59.8 Å². The van der Waals surface area contributed by atoms with Gasteiger partial charge in [0.15, 0.2) is 11.5 Å². The summed E-state index contributed by atoms with van der Waals surface area (Å²) >= 11 is 0. The monoisotopic (exact) mass is 344 g/mol. The third-order valence-electron chi connectivity index (χ3n) is 8.05. The van der Waals surface area contributed by atoms with Gasteiger partial charge in [0, 0.05) is 11.8 Å². The van der Waals surface area contributed by atoms with E-state index in [9.17, 15) is 4.79 Å². The van der Waals surface area contributed by atoms with Crippen LogP contribution in [-0.4, -0.2) is 20.0 Å². The number of carbonyl (C=O) groups is 1. The third-order valence-corrected chi connectivity index (χ3v) is 8.05. The number of benzene rings is 1. The molecule has 0 bridgehead atoms. The van der Waals surface area contributed by atoms with Gasteiger partial charge in [-0.3, -0.25) is 4.79 Å². The van der Waals surface area contributed by atoms with Crippen LogP contribution in [0.5, 0.6) is 11.5 Å². The molecule has 0 N–H and O–H groups in total. The maximum Gasteiger partial charge on any atom is 0.161 e. The van der Waals surface area contributed by atoms with Crippen molar-refractivity contribution in [1.82, 2.24) is 0 Å². The second-order valence-electron chi connectivity index (χ2n) is 9.03. The molecule has 1 aromatic rings. The van der Waals surface area contributed by atoms with Crippen molar-refractivity contribution in [3.63, 3.8) is 0 Å². The van der Waals surface area contributed by atoms with Gasteiger partial charge in [0.1, 0.15) is 5.78 Å². The standard InChI is InChI=1S/C22H32O3/c1-14-19(23)18(15-9-10-16(24-6)17(13-15)25-7)21(4)12-8-11-20(2,3)22(14,21)5/h9-10,13-14,18H,8,11-12H2,1-7H3/t14?,18-,21?,22?/m1/s1. The lowest BCUT2D eigenvalue weighted by molar-refractivity contribution is -0.125. The van der Waals surface area contributed by atoms with Crippen LogP contribution in [0.25, 0.3) is 0 Å². The van der Waals surface area contributed by atoms with E-state index >= 15 is 0 Å². The fourth-order valence-electron chi connectivity index (χ4n) is 6.13. The highest BCUT2D eigenvalue weighted by atomic mass is 16.5. The summed E-state index contributed by atoms with van der Waals surface area (Å²) in [4.78, 5) is 13.5. The summed E-state index contributed by atoms with van der Waals surface area (Å²) in [6.07, 6.45) is 3.47. The smallest absolute Gasteiger partial charge is 0.161 e. The van der Waals surface area contributed by atoms with Crippen LogP contribution in [0.3, 0.4) is 0 Å². The SMILES string of the molecule is COc1ccc([C@@H]2C(=O)C(C)C3(C)C(C)(C)CCCC23C)cc1OC. The van der Waals surface area contributed by atoms with E-state index in [1.54, 1.807) is 14.2 Å². The second kappa shape index (κ2) is 5.75. The number of Topliss-reactive ketones (excluding diaryl/α,β-unsaturated/α-hetero) is 1. The van der Waals surface area contributed by atoms with E-state index in [1.165, 1.54) is 12.8 Å². The third kappa shape index (κ3) is 2.20. The van der Waals surface area contributed by atoms with Gasteiger partial charge in [0.05, 0.1) is 14.2 Å². The molecule has 138 valence electrons. The summed E-state index contributed by atoms with van der Waals surface area (Å²) < 4.78 is 10.9. The Balaban J connectivity index is 2.16. The zero-order valence-electron chi connectivity index (χ0n) is 16.7. The summed E-state index contributed by atoms with van der Waals surface area (Å²) in [5.41, 5.74) is 1.18. The van der Waals surface area contributed by atoms with Gasteiger partial charge >= 0.3 is 0 Å². The van der Waals surface area contributed by atoms with Crippen LogP contribution >= 0.6 is 0 Å². The zero-order valence-corrected chi connectivity index (χ0v) is 16.7. The Morgan fingerprint density at radius 3 is 2.24 bits per heavy atom. The van der Waals surface area contributed by atoms with E-state index in [4.69, 9.17) is 9.47 Å². The van der Waals surface area contributed by atoms with Gasteiger partial charge in [-0.05, 0) is 46.8 Å². The Morgan fingerprint density at radius 2 is 1.64 bits per heavy atom. The van der Waals surface area contributed by atoms with Crippen molar-refractivity contribution in [3.8, 4) is 11.5 Å². The average Bonchev–Trinajstić information content (AvgIpc) is 2.73. The molecule has 0 radical (unpaired) electrons. The minimum atomic E-state index is -0.0770. The molecule has 2 aliphatic rings. The Kier molecular flexibility index (Phi) is 4.21. The molecule has 2 saturated carbocycles. The van der Waals surface area contributed by atoms with Gasteiger partial charge in [-0.25, -0.2) is 0 Å². The Hall–Kier alpha value is -1.51. The number of hydrogen-bond acceptors (Lipinski definition) is 3. The van der Waals surface area contributed by atoms with Crippen LogP contribution < -0.4 is 9.47 Å². The summed E-state index contributed by atoms with van der Waals surface area (Å²) in [7, 11) is 3.29. The van der Waals surface area contributed by atoms with Crippen LogP contribution in [0.15, 0.2) is 18.2 Å². The molecule has 0 aromatic heterocycles. The Bertz CT molecular complexity index is 693. The number of rotatable bonds is 3. The fourth-order valence-corrected chi connectivity index (χ4v) is 6.13. The lowest BCUT2D eigenvalue weighted by atomic mass is 9.45. The highest BCUT2D eigenvalue weighted by molar-refractivity contribution is 5.92. The summed E-state index contributed by atoms with van der Waals surface area (Å²) in [6, 6.07) is 5.99. The van der Waals surface area contributed by atoms with Crippen molar-refractivity contribution >= 4 is 5.78 Å². The Labute approximate surface area is 152 Å². The van der Waals surface area contributed by atoms with Gasteiger partial charge < -0.3 is 9.47 Å². The van der Waals surface area contributed by atoms with Crippen LogP contribution in [0.2, 0.25) is 0 Å². The molecule has 0 saturated heterocycles. The van der Waals surface area contributed by atoms with Crippen LogP contribution in [0, 0.1) is 22.2 Å². The maximum absolute atomic E-state index is 13.5. The predicted octanol–water partition coefficient (Wildman–Crippen LogP) is 5.23. The lowest BCUT2D eigenvalue weighted by Gasteiger charge is -2.58. The number of methoxy groups -OCH3 is 2. The molecule has 0 heterocycles. The van der Waals surface area contributed by atoms with Gasteiger partial charge in [0.2, 0.25) is 0 Å². The van der Waals surface area contributed by atoms with E-state index in [0.29, 0.717) is 17.3 Å². The first kappa shape index (κ1) is 18.3. The summed E-state index contributed by atoms with van der Waals surface area (Å²) in [5.74, 6) is 1.78. The molecule has 0 amide bonds. The van der Waals surface area contributed by atoms with Gasteiger partial charge in [-0.2, -0.15) is 0 Å². The van der Waals surface area contributed by atoms with Crippen molar-refractivity contribution in [2.24, 2.45) is 22.2 Å². The quantitative estimate of drug-likeness (QED) is 0.753. The van der Waals surface area contributed by atoms with E-state index in [1.807, 2.05) is 12.1 Å². The molecule has 3 heteroatoms. The number of hydrogen-bond donors (Lipinski definition) is 0. The second-order valence-corrected chi connectivity index (χ2v) is 9.03. The molecule has 3 unspecified atom stereocenters. The van der Waals surface area contributed by atoms with Crippen molar-refractivity contribution in [3.05, 3.63) is 23.8 Å². The van der Waals surface area contributed by atoms with Gasteiger partial charge in [0.25, 0.3) is 0 Å². The molecule has 4 atom stereocenters. The van der Waals surface area contributed by atoms with E-state index in [2.05, 4.69) is 40.7 Å². The minimum absolute atomic E-state index is 0.00678. The molecular weight excluding hydrogens is 312 g/mol. The highest BCUT2D eigenvalue weighted by Gasteiger charge is 2.68. The molecular formula is C22H32O3. The molecule has 1 aromatic carbocycles. The molecule has 3 nitrogen and oxygen atoms in total. The predicted molar refractivity (Wildman–Crippen MR) is 100 cm³/mol. The average molecular weight is 344 g/mol. The number of carbonyl (C=O) groups excluding carboxylic acids is 1. The normalized spacial score (nSPS) is 36.8. The van der Waals surface area contributed by atoms with Crippen LogP contribution in [-0.2, 0) is 4.79 Å². The maximum atomic E-state index is 13.5. The molecule has 0 aliphatic heterocycles. The highest BCUT2D eigenvalue weighted by Crippen LogP contribution is 2.72. The molecule has 0 spiro atoms. The van der Waals surface area contributed by atoms with Crippen molar-refractivity contribution < 1.29 is 14.3 Å². The molecule has 25 heavy (non-hydrogen) atoms. The number of fused-ring (bicyclic) bond motifs is 1. The molecule has 2 fully saturated rings. The topological polar surface area (TPSA) is 35.5 Å². The van der Waals surface area contributed by atoms with Crippen LogP contribution in [0.1, 0.15) is 65.4 Å². The first-order valence-corrected chi connectivity index (χ1v) is 9.39. The van der Waals surface area contributed by atoms with Gasteiger partial charge in [-0.15, -0.1) is 0 Å². The molecule has 2 aliphatic carbocycles. The van der Waals surface area contributed by atoms with Crippen LogP contribution in [0.4, 0.5) is 0 Å². The Morgan fingerprint density at radius 1 is 1.00 bits per heavy atom.